The summed E-state index contributed by atoms with van der Waals surface area (Å²) >= 11 is 0. The summed E-state index contributed by atoms with van der Waals surface area (Å²) in [7, 11) is 0. The minimum absolute atomic E-state index is 0.233. The highest BCUT2D eigenvalue weighted by Gasteiger charge is 2.16. The van der Waals surface area contributed by atoms with Crippen LogP contribution in [-0.2, 0) is 6.54 Å². The van der Waals surface area contributed by atoms with E-state index in [0.29, 0.717) is 0 Å². The van der Waals surface area contributed by atoms with E-state index in [4.69, 9.17) is 5.73 Å². The molecule has 0 aliphatic heterocycles. The Bertz CT molecular complexity index is 338. The van der Waals surface area contributed by atoms with Gasteiger partial charge < -0.3 is 10.3 Å². The number of rotatable bonds is 3. The van der Waals surface area contributed by atoms with Crippen LogP contribution in [0.15, 0.2) is 18.5 Å². The number of hydrogen-bond acceptors (Lipinski definition) is 2. The molecule has 0 bridgehead atoms. The summed E-state index contributed by atoms with van der Waals surface area (Å²) in [6.07, 6.45) is 9.34. The number of imidazole rings is 1. The van der Waals surface area contributed by atoms with Crippen molar-refractivity contribution in [3.8, 4) is 0 Å². The second-order valence-corrected chi connectivity index (χ2v) is 3.84. The van der Waals surface area contributed by atoms with Crippen LogP contribution in [0.5, 0.6) is 0 Å². The first kappa shape index (κ1) is 9.46. The number of nitrogens with two attached hydrogens (primary N) is 1. The smallest absolute Gasteiger partial charge is 0.135 e. The molecule has 1 aliphatic rings. The third-order valence-corrected chi connectivity index (χ3v) is 2.63. The van der Waals surface area contributed by atoms with Crippen molar-refractivity contribution in [1.29, 1.82) is 0 Å². The van der Waals surface area contributed by atoms with E-state index in [9.17, 15) is 0 Å². The van der Waals surface area contributed by atoms with Gasteiger partial charge in [-0.15, -0.1) is 0 Å². The molecule has 0 fully saturated rings. The molecular weight excluding hydrogens is 174 g/mol. The molecule has 3 heteroatoms. The van der Waals surface area contributed by atoms with Crippen LogP contribution in [0.25, 0.3) is 5.57 Å². The molecule has 0 spiro atoms. The van der Waals surface area contributed by atoms with Gasteiger partial charge in [-0.1, -0.05) is 13.0 Å². The topological polar surface area (TPSA) is 43.8 Å². The molecule has 0 saturated carbocycles. The molecule has 3 nitrogen and oxygen atoms in total. The van der Waals surface area contributed by atoms with Gasteiger partial charge in [-0.3, -0.25) is 0 Å². The molecule has 0 radical (unpaired) electrons. The third kappa shape index (κ3) is 1.73. The summed E-state index contributed by atoms with van der Waals surface area (Å²) in [6.45, 7) is 3.22. The first-order valence-electron chi connectivity index (χ1n) is 5.29. The van der Waals surface area contributed by atoms with Gasteiger partial charge in [-0.25, -0.2) is 4.98 Å². The van der Waals surface area contributed by atoms with Gasteiger partial charge in [0.15, 0.2) is 0 Å². The van der Waals surface area contributed by atoms with Crippen LogP contribution < -0.4 is 5.73 Å². The molecule has 1 aromatic heterocycles. The fourth-order valence-corrected chi connectivity index (χ4v) is 1.95. The molecule has 2 N–H and O–H groups in total. The molecule has 0 saturated heterocycles. The lowest BCUT2D eigenvalue weighted by atomic mass is 10.2. The van der Waals surface area contributed by atoms with Gasteiger partial charge in [-0.2, -0.15) is 0 Å². The number of hydrogen-bond donors (Lipinski definition) is 1. The minimum atomic E-state index is 0.233. The Morgan fingerprint density at radius 3 is 3.14 bits per heavy atom. The summed E-state index contributed by atoms with van der Waals surface area (Å²) in [4.78, 5) is 4.39. The number of nitrogens with zero attached hydrogens (tertiary/aromatic N) is 2. The van der Waals surface area contributed by atoms with E-state index in [1.807, 2.05) is 12.4 Å². The maximum atomic E-state index is 5.84. The van der Waals surface area contributed by atoms with Crippen LogP contribution in [0, 0.1) is 0 Å². The Morgan fingerprint density at radius 1 is 1.64 bits per heavy atom. The van der Waals surface area contributed by atoms with Crippen LogP contribution in [0.1, 0.15) is 32.0 Å². The van der Waals surface area contributed by atoms with Gasteiger partial charge in [0.05, 0.1) is 0 Å². The van der Waals surface area contributed by atoms with E-state index >= 15 is 0 Å². The zero-order valence-electron chi connectivity index (χ0n) is 8.61. The minimum Gasteiger partial charge on any atom is -0.331 e. The number of allylic oxidation sites excluding steroid dienone is 1. The molecule has 2 rings (SSSR count). The van der Waals surface area contributed by atoms with E-state index in [-0.39, 0.29) is 6.04 Å². The van der Waals surface area contributed by atoms with Crippen molar-refractivity contribution in [2.45, 2.75) is 38.8 Å². The van der Waals surface area contributed by atoms with E-state index in [2.05, 4.69) is 22.6 Å². The van der Waals surface area contributed by atoms with Crippen LogP contribution >= 0.6 is 0 Å². The molecular formula is C11H17N3. The summed E-state index contributed by atoms with van der Waals surface area (Å²) in [5.41, 5.74) is 7.16. The Labute approximate surface area is 84.6 Å². The normalized spacial score (nSPS) is 21.3. The predicted octanol–water partition coefficient (Wildman–Crippen LogP) is 1.80. The van der Waals surface area contributed by atoms with Crippen LogP contribution in [-0.4, -0.2) is 15.6 Å². The fourth-order valence-electron chi connectivity index (χ4n) is 1.95. The highest BCUT2D eigenvalue weighted by Crippen LogP contribution is 2.25. The summed E-state index contributed by atoms with van der Waals surface area (Å²) < 4.78 is 2.21. The van der Waals surface area contributed by atoms with Crippen molar-refractivity contribution >= 4 is 5.57 Å². The largest absolute Gasteiger partial charge is 0.331 e. The maximum Gasteiger partial charge on any atom is 0.135 e. The molecule has 0 aromatic carbocycles. The van der Waals surface area contributed by atoms with E-state index in [1.54, 1.807) is 0 Å². The molecule has 1 atom stereocenters. The molecule has 1 aromatic rings. The van der Waals surface area contributed by atoms with Crippen molar-refractivity contribution in [3.05, 3.63) is 24.3 Å². The van der Waals surface area contributed by atoms with Gasteiger partial charge in [0.2, 0.25) is 0 Å². The SMILES string of the molecule is CCCn1ccnc1C1=CC(N)CC1. The standard InChI is InChI=1S/C11H17N3/c1-2-6-14-7-5-13-11(14)9-3-4-10(12)8-9/h5,7-8,10H,2-4,6,12H2,1H3. The molecule has 14 heavy (non-hydrogen) atoms. The molecule has 1 heterocycles. The Hall–Kier alpha value is -1.09. The number of aryl methyl sites for hydroxylation is 1. The highest BCUT2D eigenvalue weighted by atomic mass is 15.1. The van der Waals surface area contributed by atoms with Crippen molar-refractivity contribution in [2.24, 2.45) is 5.73 Å². The van der Waals surface area contributed by atoms with E-state index in [0.717, 1.165) is 31.6 Å². The first-order chi connectivity index (χ1) is 6.81. The fraction of sp³-hybridized carbons (Fsp3) is 0.545. The Morgan fingerprint density at radius 2 is 2.50 bits per heavy atom. The lowest BCUT2D eigenvalue weighted by Crippen LogP contribution is -2.11. The average Bonchev–Trinajstić information content (AvgIpc) is 2.74. The monoisotopic (exact) mass is 191 g/mol. The zero-order valence-corrected chi connectivity index (χ0v) is 8.61. The quantitative estimate of drug-likeness (QED) is 0.791. The van der Waals surface area contributed by atoms with Gasteiger partial charge in [0, 0.05) is 25.0 Å². The van der Waals surface area contributed by atoms with Crippen LogP contribution in [0.2, 0.25) is 0 Å². The second-order valence-electron chi connectivity index (χ2n) is 3.84. The molecule has 1 aliphatic carbocycles. The third-order valence-electron chi connectivity index (χ3n) is 2.63. The molecule has 1 unspecified atom stereocenters. The van der Waals surface area contributed by atoms with Crippen molar-refractivity contribution < 1.29 is 0 Å². The second kappa shape index (κ2) is 3.96. The van der Waals surface area contributed by atoms with Crippen molar-refractivity contribution in [1.82, 2.24) is 9.55 Å². The van der Waals surface area contributed by atoms with E-state index < -0.39 is 0 Å². The van der Waals surface area contributed by atoms with Gasteiger partial charge in [-0.05, 0) is 24.8 Å². The Kier molecular flexibility index (Phi) is 2.68. The lowest BCUT2D eigenvalue weighted by Gasteiger charge is -2.06. The molecule has 76 valence electrons. The van der Waals surface area contributed by atoms with Crippen LogP contribution in [0.3, 0.4) is 0 Å². The van der Waals surface area contributed by atoms with Gasteiger partial charge >= 0.3 is 0 Å². The van der Waals surface area contributed by atoms with Gasteiger partial charge in [0.1, 0.15) is 5.82 Å². The highest BCUT2D eigenvalue weighted by molar-refractivity contribution is 5.63. The lowest BCUT2D eigenvalue weighted by molar-refractivity contribution is 0.667. The Balaban J connectivity index is 2.23. The number of aromatic nitrogens is 2. The summed E-state index contributed by atoms with van der Waals surface area (Å²) in [5.74, 6) is 1.11. The predicted molar refractivity (Wildman–Crippen MR) is 57.7 cm³/mol. The summed E-state index contributed by atoms with van der Waals surface area (Å²) in [5, 5.41) is 0. The maximum absolute atomic E-state index is 5.84. The average molecular weight is 191 g/mol. The van der Waals surface area contributed by atoms with Crippen molar-refractivity contribution in [2.75, 3.05) is 0 Å². The van der Waals surface area contributed by atoms with Crippen molar-refractivity contribution in [3.63, 3.8) is 0 Å². The molecule has 0 amide bonds. The zero-order chi connectivity index (χ0) is 9.97. The van der Waals surface area contributed by atoms with Gasteiger partial charge in [0.25, 0.3) is 0 Å². The van der Waals surface area contributed by atoms with E-state index in [1.165, 1.54) is 5.57 Å². The summed E-state index contributed by atoms with van der Waals surface area (Å²) in [6, 6.07) is 0.233. The van der Waals surface area contributed by atoms with Crippen LogP contribution in [0.4, 0.5) is 0 Å². The first-order valence-corrected chi connectivity index (χ1v) is 5.29.